The molecule has 1 aliphatic heterocycles. The SMILES string of the molecule is BrC1=CCCN1. The molecule has 0 atom stereocenters. The van der Waals surface area contributed by atoms with E-state index in [1.165, 1.54) is 6.42 Å². The third-order valence-corrected chi connectivity index (χ3v) is 1.37. The molecule has 0 unspecified atom stereocenters. The maximum atomic E-state index is 3.29. The van der Waals surface area contributed by atoms with Gasteiger partial charge in [0.15, 0.2) is 0 Å². The molecule has 0 bridgehead atoms. The van der Waals surface area contributed by atoms with Crippen LogP contribution in [0.2, 0.25) is 0 Å². The highest BCUT2D eigenvalue weighted by atomic mass is 79.9. The molecule has 0 fully saturated rings. The third-order valence-electron chi connectivity index (χ3n) is 0.762. The summed E-state index contributed by atoms with van der Waals surface area (Å²) in [5.74, 6) is 0. The van der Waals surface area contributed by atoms with Crippen LogP contribution in [0.1, 0.15) is 6.42 Å². The molecule has 0 radical (unpaired) electrons. The summed E-state index contributed by atoms with van der Waals surface area (Å²) in [4.78, 5) is 0. The molecule has 0 amide bonds. The highest BCUT2D eigenvalue weighted by Crippen LogP contribution is 2.05. The second-order valence-electron chi connectivity index (χ2n) is 1.27. The summed E-state index contributed by atoms with van der Waals surface area (Å²) < 4.78 is 1.14. The lowest BCUT2D eigenvalue weighted by Gasteiger charge is -1.86. The third kappa shape index (κ3) is 0.744. The standard InChI is InChI=1S/C4H6BrN/c5-4-2-1-3-6-4/h2,6H,1,3H2. The fourth-order valence-corrected chi connectivity index (χ4v) is 0.890. The van der Waals surface area contributed by atoms with Gasteiger partial charge in [-0.05, 0) is 22.4 Å². The Morgan fingerprint density at radius 1 is 1.83 bits per heavy atom. The monoisotopic (exact) mass is 147 g/mol. The Balaban J connectivity index is 2.45. The van der Waals surface area contributed by atoms with Crippen LogP contribution in [0, 0.1) is 0 Å². The first-order valence-corrected chi connectivity index (χ1v) is 2.78. The molecular formula is C4H6BrN. The zero-order valence-electron chi connectivity index (χ0n) is 3.37. The largest absolute Gasteiger partial charge is 0.379 e. The van der Waals surface area contributed by atoms with Gasteiger partial charge >= 0.3 is 0 Å². The number of hydrogen-bond donors (Lipinski definition) is 1. The van der Waals surface area contributed by atoms with Gasteiger partial charge in [-0.3, -0.25) is 0 Å². The Labute approximate surface area is 45.6 Å². The van der Waals surface area contributed by atoms with E-state index in [2.05, 4.69) is 27.3 Å². The predicted octanol–water partition coefficient (Wildman–Crippen LogP) is 1.22. The zero-order valence-corrected chi connectivity index (χ0v) is 4.96. The lowest BCUT2D eigenvalue weighted by atomic mass is 10.5. The molecule has 1 rings (SSSR count). The molecule has 1 heterocycles. The number of rotatable bonds is 0. The van der Waals surface area contributed by atoms with E-state index in [0.29, 0.717) is 0 Å². The molecule has 6 heavy (non-hydrogen) atoms. The smallest absolute Gasteiger partial charge is 0.0740 e. The number of halogens is 1. The normalized spacial score (nSPS) is 19.8. The Kier molecular flexibility index (Phi) is 1.15. The molecule has 1 N–H and O–H groups in total. The van der Waals surface area contributed by atoms with E-state index in [0.717, 1.165) is 11.2 Å². The van der Waals surface area contributed by atoms with Crippen LogP contribution in [-0.4, -0.2) is 6.54 Å². The first-order valence-electron chi connectivity index (χ1n) is 1.99. The quantitative estimate of drug-likeness (QED) is 0.509. The summed E-state index contributed by atoms with van der Waals surface area (Å²) in [6, 6.07) is 0. The van der Waals surface area contributed by atoms with Crippen molar-refractivity contribution < 1.29 is 0 Å². The zero-order chi connectivity index (χ0) is 4.41. The van der Waals surface area contributed by atoms with Crippen molar-refractivity contribution >= 4 is 15.9 Å². The molecular weight excluding hydrogens is 142 g/mol. The Bertz CT molecular complexity index is 77.6. The first-order chi connectivity index (χ1) is 2.89. The van der Waals surface area contributed by atoms with Gasteiger partial charge in [0.2, 0.25) is 0 Å². The van der Waals surface area contributed by atoms with E-state index in [1.807, 2.05) is 0 Å². The highest BCUT2D eigenvalue weighted by molar-refractivity contribution is 9.11. The van der Waals surface area contributed by atoms with Crippen LogP contribution in [0.5, 0.6) is 0 Å². The van der Waals surface area contributed by atoms with Crippen molar-refractivity contribution in [2.45, 2.75) is 6.42 Å². The average Bonchev–Trinajstić information content (AvgIpc) is 1.86. The molecule has 0 spiro atoms. The maximum Gasteiger partial charge on any atom is 0.0740 e. The molecule has 1 nitrogen and oxygen atoms in total. The van der Waals surface area contributed by atoms with Crippen molar-refractivity contribution in [3.05, 3.63) is 10.7 Å². The minimum atomic E-state index is 1.10. The fraction of sp³-hybridized carbons (Fsp3) is 0.500. The number of nitrogens with one attached hydrogen (secondary N) is 1. The van der Waals surface area contributed by atoms with Crippen molar-refractivity contribution in [1.29, 1.82) is 0 Å². The van der Waals surface area contributed by atoms with Gasteiger partial charge in [0.1, 0.15) is 0 Å². The molecule has 0 saturated carbocycles. The van der Waals surface area contributed by atoms with Crippen LogP contribution in [0.4, 0.5) is 0 Å². The molecule has 0 aromatic heterocycles. The molecule has 0 saturated heterocycles. The Hall–Kier alpha value is 0.0200. The van der Waals surface area contributed by atoms with Crippen molar-refractivity contribution in [3.63, 3.8) is 0 Å². The molecule has 0 aromatic carbocycles. The first kappa shape index (κ1) is 4.19. The topological polar surface area (TPSA) is 12.0 Å². The molecule has 2 heteroatoms. The summed E-state index contributed by atoms with van der Waals surface area (Å²) in [5, 5.41) is 3.10. The minimum Gasteiger partial charge on any atom is -0.379 e. The van der Waals surface area contributed by atoms with Crippen LogP contribution in [0.15, 0.2) is 10.7 Å². The fourth-order valence-electron chi connectivity index (χ4n) is 0.463. The highest BCUT2D eigenvalue weighted by Gasteiger charge is 1.94. The lowest BCUT2D eigenvalue weighted by molar-refractivity contribution is 0.911. The van der Waals surface area contributed by atoms with E-state index in [1.54, 1.807) is 0 Å². The van der Waals surface area contributed by atoms with E-state index < -0.39 is 0 Å². The Morgan fingerprint density at radius 2 is 2.67 bits per heavy atom. The summed E-state index contributed by atoms with van der Waals surface area (Å²) in [5.41, 5.74) is 0. The van der Waals surface area contributed by atoms with Crippen molar-refractivity contribution in [2.75, 3.05) is 6.54 Å². The van der Waals surface area contributed by atoms with Gasteiger partial charge in [-0.2, -0.15) is 0 Å². The van der Waals surface area contributed by atoms with E-state index >= 15 is 0 Å². The van der Waals surface area contributed by atoms with Gasteiger partial charge in [0.25, 0.3) is 0 Å². The van der Waals surface area contributed by atoms with Crippen molar-refractivity contribution in [2.24, 2.45) is 0 Å². The van der Waals surface area contributed by atoms with Gasteiger partial charge < -0.3 is 5.32 Å². The second-order valence-corrected chi connectivity index (χ2v) is 2.12. The van der Waals surface area contributed by atoms with Crippen LogP contribution in [0.3, 0.4) is 0 Å². The van der Waals surface area contributed by atoms with Gasteiger partial charge in [-0.15, -0.1) is 0 Å². The number of hydrogen-bond acceptors (Lipinski definition) is 1. The summed E-state index contributed by atoms with van der Waals surface area (Å²) in [6.45, 7) is 1.10. The van der Waals surface area contributed by atoms with Crippen molar-refractivity contribution in [3.8, 4) is 0 Å². The summed E-state index contributed by atoms with van der Waals surface area (Å²) in [7, 11) is 0. The van der Waals surface area contributed by atoms with E-state index in [4.69, 9.17) is 0 Å². The van der Waals surface area contributed by atoms with Crippen molar-refractivity contribution in [1.82, 2.24) is 5.32 Å². The second kappa shape index (κ2) is 1.65. The maximum absolute atomic E-state index is 3.29. The van der Waals surface area contributed by atoms with Gasteiger partial charge in [-0.25, -0.2) is 0 Å². The molecule has 0 aliphatic carbocycles. The molecule has 34 valence electrons. The van der Waals surface area contributed by atoms with Crippen LogP contribution >= 0.6 is 15.9 Å². The predicted molar refractivity (Wildman–Crippen MR) is 29.6 cm³/mol. The van der Waals surface area contributed by atoms with Crippen LogP contribution in [-0.2, 0) is 0 Å². The molecule has 1 aliphatic rings. The average molecular weight is 148 g/mol. The lowest BCUT2D eigenvalue weighted by Crippen LogP contribution is -2.01. The van der Waals surface area contributed by atoms with Crippen LogP contribution < -0.4 is 5.32 Å². The molecule has 0 aromatic rings. The summed E-state index contributed by atoms with van der Waals surface area (Å²) >= 11 is 3.29. The van der Waals surface area contributed by atoms with Gasteiger partial charge in [0.05, 0.1) is 4.61 Å². The van der Waals surface area contributed by atoms with Crippen LogP contribution in [0.25, 0.3) is 0 Å². The van der Waals surface area contributed by atoms with Gasteiger partial charge in [0, 0.05) is 6.54 Å². The van der Waals surface area contributed by atoms with Gasteiger partial charge in [-0.1, -0.05) is 6.08 Å². The van der Waals surface area contributed by atoms with E-state index in [9.17, 15) is 0 Å². The minimum absolute atomic E-state index is 1.10. The summed E-state index contributed by atoms with van der Waals surface area (Å²) in [6.07, 6.45) is 3.29. The van der Waals surface area contributed by atoms with E-state index in [-0.39, 0.29) is 0 Å². The Morgan fingerprint density at radius 3 is 2.83 bits per heavy atom.